The van der Waals surface area contributed by atoms with Gasteiger partial charge in [-0.15, -0.1) is 11.3 Å². The third kappa shape index (κ3) is 4.92. The summed E-state index contributed by atoms with van der Waals surface area (Å²) in [7, 11) is 0. The zero-order chi connectivity index (χ0) is 19.1. The zero-order valence-corrected chi connectivity index (χ0v) is 15.3. The summed E-state index contributed by atoms with van der Waals surface area (Å²) in [5.41, 5.74) is 0.376. The summed E-state index contributed by atoms with van der Waals surface area (Å²) in [4.78, 5) is 36.2. The lowest BCUT2D eigenvalue weighted by Gasteiger charge is -2.11. The summed E-state index contributed by atoms with van der Waals surface area (Å²) in [6.07, 6.45) is 1.41. The smallest absolute Gasteiger partial charge is 0.321 e. The molecule has 0 aliphatic rings. The van der Waals surface area contributed by atoms with Crippen LogP contribution in [0.1, 0.15) is 15.2 Å². The maximum Gasteiger partial charge on any atom is 0.321 e. The first-order valence-electron chi connectivity index (χ1n) is 8.37. The van der Waals surface area contributed by atoms with Crippen LogP contribution in [0.15, 0.2) is 53.9 Å². The minimum atomic E-state index is -0.589. The molecule has 0 aliphatic carbocycles. The summed E-state index contributed by atoms with van der Waals surface area (Å²) in [5, 5.41) is 8.45. The Balaban J connectivity index is 1.50. The van der Waals surface area contributed by atoms with Crippen molar-refractivity contribution in [2.75, 3.05) is 13.2 Å². The SMILES string of the molecule is O=Cc1c(OCC(=O)NC(=O)NCCc2cccs2)ccc2ccccc12. The van der Waals surface area contributed by atoms with Gasteiger partial charge in [-0.1, -0.05) is 36.4 Å². The zero-order valence-electron chi connectivity index (χ0n) is 14.4. The average Bonchev–Trinajstić information content (AvgIpc) is 3.19. The topological polar surface area (TPSA) is 84.5 Å². The van der Waals surface area contributed by atoms with Gasteiger partial charge < -0.3 is 10.1 Å². The van der Waals surface area contributed by atoms with Gasteiger partial charge in [-0.3, -0.25) is 14.9 Å². The fourth-order valence-electron chi connectivity index (χ4n) is 2.63. The molecule has 2 N–H and O–H groups in total. The number of thiophene rings is 1. The minimum absolute atomic E-state index is 0.303. The van der Waals surface area contributed by atoms with Gasteiger partial charge >= 0.3 is 6.03 Å². The molecule has 1 aromatic heterocycles. The normalized spacial score (nSPS) is 10.4. The van der Waals surface area contributed by atoms with Crippen molar-refractivity contribution in [3.05, 3.63) is 64.4 Å². The van der Waals surface area contributed by atoms with Crippen molar-refractivity contribution in [3.63, 3.8) is 0 Å². The highest BCUT2D eigenvalue weighted by atomic mass is 32.1. The van der Waals surface area contributed by atoms with Crippen molar-refractivity contribution in [2.45, 2.75) is 6.42 Å². The van der Waals surface area contributed by atoms with E-state index in [-0.39, 0.29) is 6.61 Å². The molecule has 27 heavy (non-hydrogen) atoms. The van der Waals surface area contributed by atoms with Crippen molar-refractivity contribution in [1.29, 1.82) is 0 Å². The van der Waals surface area contributed by atoms with E-state index in [9.17, 15) is 14.4 Å². The molecule has 0 unspecified atom stereocenters. The fraction of sp³-hybridized carbons (Fsp3) is 0.150. The van der Waals surface area contributed by atoms with Gasteiger partial charge in [0.05, 0.1) is 5.56 Å². The Labute approximate surface area is 160 Å². The molecular weight excluding hydrogens is 364 g/mol. The van der Waals surface area contributed by atoms with E-state index in [4.69, 9.17) is 4.74 Å². The van der Waals surface area contributed by atoms with Gasteiger partial charge in [0.2, 0.25) is 0 Å². The van der Waals surface area contributed by atoms with Crippen LogP contribution < -0.4 is 15.4 Å². The maximum absolute atomic E-state index is 11.9. The van der Waals surface area contributed by atoms with Crippen LogP contribution in [0.25, 0.3) is 10.8 Å². The summed E-state index contributed by atoms with van der Waals surface area (Å²) < 4.78 is 5.44. The molecule has 7 heteroatoms. The molecule has 3 aromatic rings. The largest absolute Gasteiger partial charge is 0.483 e. The number of fused-ring (bicyclic) bond motifs is 1. The average molecular weight is 382 g/mol. The Morgan fingerprint density at radius 1 is 1.07 bits per heavy atom. The number of rotatable bonds is 7. The molecule has 138 valence electrons. The monoisotopic (exact) mass is 382 g/mol. The number of carbonyl (C=O) groups is 3. The first-order chi connectivity index (χ1) is 13.2. The fourth-order valence-corrected chi connectivity index (χ4v) is 3.34. The summed E-state index contributed by atoms with van der Waals surface area (Å²) in [6, 6.07) is 14.2. The molecule has 0 bridgehead atoms. The molecular formula is C20H18N2O4S. The molecule has 3 amide bonds. The maximum atomic E-state index is 11.9. The van der Waals surface area contributed by atoms with Crippen LogP contribution in [0.3, 0.4) is 0 Å². The molecule has 0 atom stereocenters. The number of aldehydes is 1. The molecule has 0 aliphatic heterocycles. The number of amides is 3. The Bertz CT molecular complexity index is 954. The van der Waals surface area contributed by atoms with Crippen molar-refractivity contribution in [1.82, 2.24) is 10.6 Å². The molecule has 3 rings (SSSR count). The van der Waals surface area contributed by atoms with Gasteiger partial charge in [0, 0.05) is 11.4 Å². The number of benzene rings is 2. The molecule has 0 fully saturated rings. The van der Waals surface area contributed by atoms with Crippen molar-refractivity contribution >= 4 is 40.3 Å². The van der Waals surface area contributed by atoms with Crippen molar-refractivity contribution in [2.24, 2.45) is 0 Å². The standard InChI is InChI=1S/C20H18N2O4S/c23-12-17-16-6-2-1-4-14(16)7-8-18(17)26-13-19(24)22-20(25)21-10-9-15-5-3-11-27-15/h1-8,11-12H,9-10,13H2,(H2,21,22,24,25). The van der Waals surface area contributed by atoms with Gasteiger partial charge in [0.1, 0.15) is 5.75 Å². The van der Waals surface area contributed by atoms with Gasteiger partial charge in [-0.25, -0.2) is 4.79 Å². The van der Waals surface area contributed by atoms with E-state index in [1.165, 1.54) is 0 Å². The molecule has 2 aromatic carbocycles. The highest BCUT2D eigenvalue weighted by molar-refractivity contribution is 7.09. The molecule has 0 saturated carbocycles. The lowest BCUT2D eigenvalue weighted by atomic mass is 10.0. The van der Waals surface area contributed by atoms with E-state index in [1.54, 1.807) is 17.4 Å². The predicted molar refractivity (Wildman–Crippen MR) is 104 cm³/mol. The molecule has 0 spiro atoms. The number of carbonyl (C=O) groups excluding carboxylic acids is 3. The van der Waals surface area contributed by atoms with Gasteiger partial charge in [0.25, 0.3) is 5.91 Å². The Morgan fingerprint density at radius 2 is 1.93 bits per heavy atom. The Morgan fingerprint density at radius 3 is 2.70 bits per heavy atom. The van der Waals surface area contributed by atoms with E-state index >= 15 is 0 Å². The van der Waals surface area contributed by atoms with E-state index < -0.39 is 11.9 Å². The van der Waals surface area contributed by atoms with E-state index in [1.807, 2.05) is 47.8 Å². The highest BCUT2D eigenvalue weighted by Crippen LogP contribution is 2.26. The summed E-state index contributed by atoms with van der Waals surface area (Å²) in [5.74, 6) is -0.286. The summed E-state index contributed by atoms with van der Waals surface area (Å²) in [6.45, 7) is 0.0674. The number of urea groups is 1. The first kappa shape index (κ1) is 18.6. The van der Waals surface area contributed by atoms with Gasteiger partial charge in [-0.05, 0) is 34.7 Å². The quantitative estimate of drug-likeness (QED) is 0.615. The van der Waals surface area contributed by atoms with Crippen LogP contribution in [0.4, 0.5) is 4.79 Å². The Kier molecular flexibility index (Phi) is 6.17. The van der Waals surface area contributed by atoms with Crippen LogP contribution in [-0.4, -0.2) is 31.4 Å². The van der Waals surface area contributed by atoms with Crippen LogP contribution in [-0.2, 0) is 11.2 Å². The van der Waals surface area contributed by atoms with Gasteiger partial charge in [0.15, 0.2) is 12.9 Å². The summed E-state index contributed by atoms with van der Waals surface area (Å²) >= 11 is 1.61. The molecule has 6 nitrogen and oxygen atoms in total. The second-order valence-electron chi connectivity index (χ2n) is 5.74. The van der Waals surface area contributed by atoms with Crippen molar-refractivity contribution in [3.8, 4) is 5.75 Å². The van der Waals surface area contributed by atoms with Crippen LogP contribution in [0, 0.1) is 0 Å². The molecule has 0 saturated heterocycles. The van der Waals surface area contributed by atoms with E-state index in [0.29, 0.717) is 30.6 Å². The molecule has 0 radical (unpaired) electrons. The van der Waals surface area contributed by atoms with Crippen LogP contribution in [0.5, 0.6) is 5.75 Å². The lowest BCUT2D eigenvalue weighted by molar-refractivity contribution is -0.122. The highest BCUT2D eigenvalue weighted by Gasteiger charge is 2.12. The number of ether oxygens (including phenoxy) is 1. The van der Waals surface area contributed by atoms with Crippen LogP contribution in [0.2, 0.25) is 0 Å². The number of nitrogens with one attached hydrogen (secondary N) is 2. The van der Waals surface area contributed by atoms with Crippen LogP contribution >= 0.6 is 11.3 Å². The second kappa shape index (κ2) is 8.95. The van der Waals surface area contributed by atoms with E-state index in [0.717, 1.165) is 15.6 Å². The van der Waals surface area contributed by atoms with Gasteiger partial charge in [-0.2, -0.15) is 0 Å². The molecule has 1 heterocycles. The van der Waals surface area contributed by atoms with Crippen molar-refractivity contribution < 1.29 is 19.1 Å². The predicted octanol–water partition coefficient (Wildman–Crippen LogP) is 3.16. The minimum Gasteiger partial charge on any atom is -0.483 e. The number of hydrogen-bond donors (Lipinski definition) is 2. The number of hydrogen-bond acceptors (Lipinski definition) is 5. The number of imide groups is 1. The lowest BCUT2D eigenvalue weighted by Crippen LogP contribution is -2.42. The third-order valence-corrected chi connectivity index (χ3v) is 4.83. The van der Waals surface area contributed by atoms with E-state index in [2.05, 4.69) is 10.6 Å². The third-order valence-electron chi connectivity index (χ3n) is 3.90. The Hall–Kier alpha value is -3.19. The second-order valence-corrected chi connectivity index (χ2v) is 6.77. The first-order valence-corrected chi connectivity index (χ1v) is 9.25.